The molecule has 60 valence electrons. The third-order valence-corrected chi connectivity index (χ3v) is 1.69. The van der Waals surface area contributed by atoms with Gasteiger partial charge in [0.1, 0.15) is 12.6 Å². The summed E-state index contributed by atoms with van der Waals surface area (Å²) >= 11 is 0. The zero-order valence-corrected chi connectivity index (χ0v) is 5.94. The molecule has 0 bridgehead atoms. The Morgan fingerprint density at radius 3 is 2.80 bits per heavy atom. The largest absolute Gasteiger partial charge is 0.379 e. The molecule has 1 atom stereocenters. The third kappa shape index (κ3) is 1.88. The predicted molar refractivity (Wildman–Crippen MR) is 32.0 cm³/mol. The lowest BCUT2D eigenvalue weighted by molar-refractivity contribution is -0.676. The number of hydrogen-bond donors (Lipinski definition) is 1. The van der Waals surface area contributed by atoms with Crippen molar-refractivity contribution in [2.45, 2.75) is 18.4 Å². The Kier molecular flexibility index (Phi) is 2.21. The molecule has 2 nitrogen and oxygen atoms in total. The molecule has 2 N–H and O–H groups in total. The average molecular weight is 152 g/mol. The number of hydrogen-bond acceptors (Lipinski definition) is 1. The van der Waals surface area contributed by atoms with E-state index in [1.54, 1.807) is 5.32 Å². The minimum absolute atomic E-state index is 0.0408. The van der Waals surface area contributed by atoms with Crippen molar-refractivity contribution in [3.8, 4) is 0 Å². The average Bonchev–Trinajstić information content (AvgIpc) is 2.12. The summed E-state index contributed by atoms with van der Waals surface area (Å²) in [6.07, 6.45) is -0.0408. The lowest BCUT2D eigenvalue weighted by Crippen LogP contribution is -2.88. The predicted octanol–water partition coefficient (Wildman–Crippen LogP) is -0.396. The van der Waals surface area contributed by atoms with E-state index >= 15 is 0 Å². The van der Waals surface area contributed by atoms with Crippen molar-refractivity contribution in [2.24, 2.45) is 0 Å². The van der Waals surface area contributed by atoms with Crippen molar-refractivity contribution in [3.63, 3.8) is 0 Å². The highest BCUT2D eigenvalue weighted by atomic mass is 19.3. The van der Waals surface area contributed by atoms with Crippen LogP contribution < -0.4 is 5.32 Å². The molecule has 0 radical (unpaired) electrons. The molecule has 0 aliphatic carbocycles. The molecule has 4 heteroatoms. The monoisotopic (exact) mass is 152 g/mol. The highest BCUT2D eigenvalue weighted by molar-refractivity contribution is 4.74. The van der Waals surface area contributed by atoms with E-state index in [-0.39, 0.29) is 19.0 Å². The van der Waals surface area contributed by atoms with Crippen LogP contribution in [0.5, 0.6) is 0 Å². The lowest BCUT2D eigenvalue weighted by Gasteiger charge is -2.03. The van der Waals surface area contributed by atoms with Gasteiger partial charge in [0.15, 0.2) is 0 Å². The molecular formula is C6H12F2NO+. The fourth-order valence-corrected chi connectivity index (χ4v) is 1.23. The van der Waals surface area contributed by atoms with Crippen LogP contribution in [0.2, 0.25) is 0 Å². The number of ether oxygens (including phenoxy) is 1. The maximum atomic E-state index is 12.4. The van der Waals surface area contributed by atoms with Gasteiger partial charge in [-0.2, -0.15) is 0 Å². The van der Waals surface area contributed by atoms with Crippen LogP contribution in [0.1, 0.15) is 6.42 Å². The van der Waals surface area contributed by atoms with Gasteiger partial charge < -0.3 is 10.1 Å². The van der Waals surface area contributed by atoms with Gasteiger partial charge in [0.05, 0.1) is 13.0 Å². The molecule has 1 rings (SSSR count). The van der Waals surface area contributed by atoms with Crippen molar-refractivity contribution in [1.29, 1.82) is 0 Å². The highest BCUT2D eigenvalue weighted by Crippen LogP contribution is 2.20. The van der Waals surface area contributed by atoms with E-state index in [4.69, 9.17) is 4.74 Å². The minimum atomic E-state index is -2.47. The SMILES string of the molecule is COCC1CC(F)(F)C[NH2+]1. The number of halogens is 2. The zero-order chi connectivity index (χ0) is 7.61. The van der Waals surface area contributed by atoms with E-state index in [9.17, 15) is 8.78 Å². The summed E-state index contributed by atoms with van der Waals surface area (Å²) in [7, 11) is 1.53. The van der Waals surface area contributed by atoms with E-state index in [0.29, 0.717) is 6.61 Å². The molecule has 0 aromatic heterocycles. The van der Waals surface area contributed by atoms with Gasteiger partial charge >= 0.3 is 5.92 Å². The fourth-order valence-electron chi connectivity index (χ4n) is 1.23. The molecule has 0 aromatic rings. The maximum Gasteiger partial charge on any atom is 0.301 e. The van der Waals surface area contributed by atoms with Crippen LogP contribution >= 0.6 is 0 Å². The van der Waals surface area contributed by atoms with Crippen molar-refractivity contribution in [2.75, 3.05) is 20.3 Å². The van der Waals surface area contributed by atoms with Gasteiger partial charge in [0, 0.05) is 7.11 Å². The van der Waals surface area contributed by atoms with E-state index in [1.165, 1.54) is 7.11 Å². The van der Waals surface area contributed by atoms with Crippen LogP contribution in [0.4, 0.5) is 8.78 Å². The first-order chi connectivity index (χ1) is 4.64. The highest BCUT2D eigenvalue weighted by Gasteiger charge is 2.43. The van der Waals surface area contributed by atoms with Crippen molar-refractivity contribution >= 4 is 0 Å². The third-order valence-electron chi connectivity index (χ3n) is 1.69. The van der Waals surface area contributed by atoms with Crippen LogP contribution in [-0.2, 0) is 4.74 Å². The first-order valence-electron chi connectivity index (χ1n) is 3.34. The number of nitrogens with two attached hydrogens (primary N) is 1. The number of rotatable bonds is 2. The summed E-state index contributed by atoms with van der Waals surface area (Å²) in [5, 5.41) is 1.64. The van der Waals surface area contributed by atoms with Crippen LogP contribution in [0.25, 0.3) is 0 Å². The van der Waals surface area contributed by atoms with Gasteiger partial charge in [-0.3, -0.25) is 0 Å². The molecule has 1 unspecified atom stereocenters. The molecule has 1 aliphatic rings. The van der Waals surface area contributed by atoms with Crippen LogP contribution in [-0.4, -0.2) is 32.2 Å². The molecule has 1 heterocycles. The van der Waals surface area contributed by atoms with Gasteiger partial charge in [-0.25, -0.2) is 8.78 Å². The van der Waals surface area contributed by atoms with Crippen LogP contribution in [0, 0.1) is 0 Å². The van der Waals surface area contributed by atoms with Gasteiger partial charge in [0.2, 0.25) is 0 Å². The first-order valence-corrected chi connectivity index (χ1v) is 3.34. The lowest BCUT2D eigenvalue weighted by atomic mass is 10.2. The first kappa shape index (κ1) is 7.88. The smallest absolute Gasteiger partial charge is 0.301 e. The Hall–Kier alpha value is -0.220. The van der Waals surface area contributed by atoms with Gasteiger partial charge in [-0.05, 0) is 0 Å². The van der Waals surface area contributed by atoms with Crippen molar-refractivity contribution < 1.29 is 18.8 Å². The Labute approximate surface area is 58.6 Å². The molecule has 0 saturated carbocycles. The summed E-state index contributed by atoms with van der Waals surface area (Å²) in [6, 6.07) is -0.0417. The quantitative estimate of drug-likeness (QED) is 0.572. The Balaban J connectivity index is 2.29. The van der Waals surface area contributed by atoms with E-state index in [2.05, 4.69) is 0 Å². The maximum absolute atomic E-state index is 12.4. The van der Waals surface area contributed by atoms with E-state index in [1.807, 2.05) is 0 Å². The van der Waals surface area contributed by atoms with Crippen LogP contribution in [0.15, 0.2) is 0 Å². The number of alkyl halides is 2. The Morgan fingerprint density at radius 2 is 2.40 bits per heavy atom. The van der Waals surface area contributed by atoms with Gasteiger partial charge in [0.25, 0.3) is 0 Å². The molecule has 0 spiro atoms. The minimum Gasteiger partial charge on any atom is -0.379 e. The molecular weight excluding hydrogens is 140 g/mol. The zero-order valence-electron chi connectivity index (χ0n) is 5.94. The standard InChI is InChI=1S/C6H11F2NO/c1-10-3-5-2-6(7,8)4-9-5/h5,9H,2-4H2,1H3/p+1. The van der Waals surface area contributed by atoms with Crippen LogP contribution in [0.3, 0.4) is 0 Å². The molecule has 1 aliphatic heterocycles. The molecule has 0 amide bonds. The summed E-state index contributed by atoms with van der Waals surface area (Å²) in [4.78, 5) is 0. The van der Waals surface area contributed by atoms with Gasteiger partial charge in [-0.1, -0.05) is 0 Å². The second kappa shape index (κ2) is 2.80. The van der Waals surface area contributed by atoms with E-state index in [0.717, 1.165) is 0 Å². The molecule has 1 saturated heterocycles. The van der Waals surface area contributed by atoms with Crippen molar-refractivity contribution in [3.05, 3.63) is 0 Å². The Bertz CT molecular complexity index is 118. The van der Waals surface area contributed by atoms with Crippen molar-refractivity contribution in [1.82, 2.24) is 0 Å². The second-order valence-electron chi connectivity index (χ2n) is 2.72. The molecule has 1 fully saturated rings. The van der Waals surface area contributed by atoms with E-state index < -0.39 is 5.92 Å². The summed E-state index contributed by atoms with van der Waals surface area (Å²) in [5.41, 5.74) is 0. The molecule has 0 aromatic carbocycles. The van der Waals surface area contributed by atoms with Gasteiger partial charge in [-0.15, -0.1) is 0 Å². The normalized spacial score (nSPS) is 30.9. The topological polar surface area (TPSA) is 25.8 Å². The summed E-state index contributed by atoms with van der Waals surface area (Å²) in [5.74, 6) is -2.47. The number of methoxy groups -OCH3 is 1. The number of quaternary nitrogens is 1. The fraction of sp³-hybridized carbons (Fsp3) is 1.00. The summed E-state index contributed by atoms with van der Waals surface area (Å²) < 4.78 is 29.6. The second-order valence-corrected chi connectivity index (χ2v) is 2.72. The molecule has 10 heavy (non-hydrogen) atoms. The summed E-state index contributed by atoms with van der Waals surface area (Å²) in [6.45, 7) is 0.344. The Morgan fingerprint density at radius 1 is 1.70 bits per heavy atom.